The van der Waals surface area contributed by atoms with Crippen molar-refractivity contribution in [2.45, 2.75) is 137 Å². The molecule has 8 rings (SSSR count). The van der Waals surface area contributed by atoms with E-state index in [1.54, 1.807) is 13.8 Å². The third kappa shape index (κ3) is 5.22. The summed E-state index contributed by atoms with van der Waals surface area (Å²) in [4.78, 5) is 29.5. The molecule has 1 N–H and O–H groups in total. The van der Waals surface area contributed by atoms with Gasteiger partial charge in [-0.05, 0) is 110 Å². The number of ketones is 1. The van der Waals surface area contributed by atoms with Crippen LogP contribution in [-0.4, -0.2) is 65.6 Å². The molecule has 5 saturated carbocycles. The van der Waals surface area contributed by atoms with E-state index < -0.39 is 23.1 Å². The number of aliphatic hydroxyl groups is 1. The molecule has 1 unspecified atom stereocenters. The highest BCUT2D eigenvalue weighted by Gasteiger charge is 2.85. The largest absolute Gasteiger partial charge is 0.456 e. The average molecular weight is 703 g/mol. The Morgan fingerprint density at radius 3 is 2.55 bits per heavy atom. The van der Waals surface area contributed by atoms with Crippen LogP contribution in [0.15, 0.2) is 30.3 Å². The number of Topliss-reactive ketones (excluding diaryl/α,β-unsaturated/α-hetero) is 1. The predicted octanol–water partition coefficient (Wildman–Crippen LogP) is 7.24. The quantitative estimate of drug-likeness (QED) is 0.298. The van der Waals surface area contributed by atoms with Gasteiger partial charge in [-0.25, -0.2) is 0 Å². The zero-order valence-corrected chi connectivity index (χ0v) is 32.2. The van der Waals surface area contributed by atoms with Gasteiger partial charge < -0.3 is 24.1 Å². The van der Waals surface area contributed by atoms with Crippen LogP contribution in [0.3, 0.4) is 0 Å². The van der Waals surface area contributed by atoms with E-state index in [9.17, 15) is 14.7 Å². The molecular weight excluding hydrogens is 642 g/mol. The molecule has 1 aromatic carbocycles. The SMILES string of the molecule is CC(=O)O[C@@H]([C]1C[C@@H](C)[C@H]2[C](O1)C(=O)[C@@]1(C)[C]3CC[C@H]4C(C)(C)C(O[C@H]5CN(Cc6ccccc6)CCO5)CC[C@@]45C[C@@]35CC[C@]21C)C(C)(C)O. The summed E-state index contributed by atoms with van der Waals surface area (Å²) in [6, 6.07) is 10.7. The van der Waals surface area contributed by atoms with Crippen molar-refractivity contribution in [3.8, 4) is 0 Å². The molecule has 8 nitrogen and oxygen atoms in total. The van der Waals surface area contributed by atoms with Crippen LogP contribution in [0.2, 0.25) is 0 Å². The van der Waals surface area contributed by atoms with Gasteiger partial charge in [-0.1, -0.05) is 65.0 Å². The molecule has 10 atom stereocenters. The zero-order valence-electron chi connectivity index (χ0n) is 32.2. The summed E-state index contributed by atoms with van der Waals surface area (Å²) in [5.41, 5.74) is -0.571. The number of hydrogen-bond acceptors (Lipinski definition) is 8. The second-order valence-electron chi connectivity index (χ2n) is 19.1. The first-order chi connectivity index (χ1) is 24.0. The molecule has 3 radical (unpaired) electrons. The van der Waals surface area contributed by atoms with Crippen molar-refractivity contribution in [1.82, 2.24) is 4.90 Å². The lowest BCUT2D eigenvalue weighted by Crippen LogP contribution is -2.59. The number of nitrogens with zero attached hydrogens (tertiary/aromatic N) is 1. The summed E-state index contributed by atoms with van der Waals surface area (Å²) >= 11 is 0. The van der Waals surface area contributed by atoms with Crippen molar-refractivity contribution in [3.05, 3.63) is 54.0 Å². The summed E-state index contributed by atoms with van der Waals surface area (Å²) in [5, 5.41) is 11.0. The van der Waals surface area contributed by atoms with Crippen molar-refractivity contribution in [2.75, 3.05) is 19.7 Å². The summed E-state index contributed by atoms with van der Waals surface area (Å²) in [7, 11) is 0. The van der Waals surface area contributed by atoms with E-state index in [1.165, 1.54) is 24.8 Å². The standard InChI is InChI=1S/C43H60NO7/c1-26-22-29(37(39(5,6)47)49-27(2)45)50-35-34(26)40(7)18-19-43-25-42(43)17-16-32(38(3,4)30(42)14-15-31(43)41(40,8)36(35)46)51-33-24-44(20-21-48-33)23-28-12-10-9-11-13-28/h9-13,26,30,32-34,37,47H,14-25H2,1-8H3/t26-,30+,32?,33+,34+,37+,40-,41-,42-,43+/m1/s1. The van der Waals surface area contributed by atoms with Gasteiger partial charge in [-0.2, -0.15) is 0 Å². The first-order valence-electron chi connectivity index (χ1n) is 19.7. The normalized spacial score (nSPS) is 43.3. The topological polar surface area (TPSA) is 94.5 Å². The first-order valence-corrected chi connectivity index (χ1v) is 19.7. The maximum atomic E-state index is 15.0. The molecule has 0 bridgehead atoms. The van der Waals surface area contributed by atoms with Crippen LogP contribution in [0.5, 0.6) is 0 Å². The summed E-state index contributed by atoms with van der Waals surface area (Å²) in [6.07, 6.45) is 8.06. The Labute approximate surface area is 305 Å². The average Bonchev–Trinajstić information content (AvgIpc) is 3.70. The zero-order chi connectivity index (χ0) is 36.4. The summed E-state index contributed by atoms with van der Waals surface area (Å²) in [6.45, 7) is 19.6. The van der Waals surface area contributed by atoms with E-state index in [0.29, 0.717) is 31.2 Å². The van der Waals surface area contributed by atoms with E-state index in [4.69, 9.17) is 18.9 Å². The number of esters is 1. The fourth-order valence-corrected chi connectivity index (χ4v) is 13.3. The van der Waals surface area contributed by atoms with Gasteiger partial charge in [0.25, 0.3) is 0 Å². The highest BCUT2D eigenvalue weighted by molar-refractivity contribution is 6.02. The number of morpholine rings is 1. The number of hydrogen-bond donors (Lipinski definition) is 1. The molecule has 2 heterocycles. The Hall–Kier alpha value is -1.84. The minimum Gasteiger partial charge on any atom is -0.456 e. The molecule has 1 aromatic rings. The highest BCUT2D eigenvalue weighted by Crippen LogP contribution is 2.90. The monoisotopic (exact) mass is 702 g/mol. The molecule has 279 valence electrons. The lowest BCUT2D eigenvalue weighted by Gasteiger charge is -2.62. The van der Waals surface area contributed by atoms with Crippen molar-refractivity contribution in [3.63, 3.8) is 0 Å². The minimum atomic E-state index is -1.34. The Morgan fingerprint density at radius 2 is 1.84 bits per heavy atom. The van der Waals surface area contributed by atoms with Crippen LogP contribution < -0.4 is 0 Å². The number of carbonyl (C=O) groups is 2. The maximum Gasteiger partial charge on any atom is 0.303 e. The van der Waals surface area contributed by atoms with Gasteiger partial charge in [-0.3, -0.25) is 14.5 Å². The van der Waals surface area contributed by atoms with E-state index in [2.05, 4.69) is 69.9 Å². The third-order valence-electron chi connectivity index (χ3n) is 15.7. The molecule has 7 aliphatic rings. The van der Waals surface area contributed by atoms with Crippen molar-refractivity contribution < 1.29 is 33.6 Å². The first kappa shape index (κ1) is 36.2. The summed E-state index contributed by atoms with van der Waals surface area (Å²) < 4.78 is 25.4. The molecule has 2 spiro atoms. The van der Waals surface area contributed by atoms with E-state index in [0.717, 1.165) is 58.2 Å². The summed E-state index contributed by atoms with van der Waals surface area (Å²) in [5.74, 6) is 1.78. The van der Waals surface area contributed by atoms with E-state index >= 15 is 0 Å². The number of ether oxygens (including phenoxy) is 4. The van der Waals surface area contributed by atoms with E-state index in [1.807, 2.05) is 0 Å². The van der Waals surface area contributed by atoms with Gasteiger partial charge in [0, 0.05) is 37.9 Å². The van der Waals surface area contributed by atoms with Gasteiger partial charge in [-0.15, -0.1) is 0 Å². The molecule has 5 aliphatic carbocycles. The van der Waals surface area contributed by atoms with Crippen molar-refractivity contribution in [1.29, 1.82) is 0 Å². The second kappa shape index (κ2) is 12.1. The molecule has 51 heavy (non-hydrogen) atoms. The van der Waals surface area contributed by atoms with Crippen LogP contribution in [0.4, 0.5) is 0 Å². The fourth-order valence-electron chi connectivity index (χ4n) is 13.3. The highest BCUT2D eigenvalue weighted by atomic mass is 16.7. The molecule has 2 aliphatic heterocycles. The number of rotatable bonds is 7. The van der Waals surface area contributed by atoms with Gasteiger partial charge >= 0.3 is 5.97 Å². The van der Waals surface area contributed by atoms with Gasteiger partial charge in [0.15, 0.2) is 24.3 Å². The van der Waals surface area contributed by atoms with Gasteiger partial charge in [0.1, 0.15) is 6.10 Å². The number of benzene rings is 1. The Balaban J connectivity index is 1.00. The Bertz CT molecular complexity index is 1520. The fraction of sp³-hybridized carbons (Fsp3) is 0.744. The van der Waals surface area contributed by atoms with Crippen LogP contribution in [0.1, 0.15) is 112 Å². The van der Waals surface area contributed by atoms with Crippen LogP contribution >= 0.6 is 0 Å². The van der Waals surface area contributed by atoms with Crippen molar-refractivity contribution in [2.24, 2.45) is 44.8 Å². The molecule has 2 saturated heterocycles. The molecule has 8 heteroatoms. The number of fused-ring (bicyclic) bond motifs is 4. The third-order valence-corrected chi connectivity index (χ3v) is 15.7. The Morgan fingerprint density at radius 1 is 1.10 bits per heavy atom. The number of carbonyl (C=O) groups excluding carboxylic acids is 2. The van der Waals surface area contributed by atoms with Gasteiger partial charge in [0.2, 0.25) is 0 Å². The lowest BCUT2D eigenvalue weighted by atomic mass is 9.41. The van der Waals surface area contributed by atoms with Crippen LogP contribution in [0.25, 0.3) is 0 Å². The van der Waals surface area contributed by atoms with Crippen molar-refractivity contribution >= 4 is 11.8 Å². The van der Waals surface area contributed by atoms with Gasteiger partial charge in [0.05, 0.1) is 18.3 Å². The lowest BCUT2D eigenvalue weighted by molar-refractivity contribution is -0.243. The molecule has 0 amide bonds. The maximum absolute atomic E-state index is 15.0. The smallest absolute Gasteiger partial charge is 0.303 e. The second-order valence-corrected chi connectivity index (χ2v) is 19.1. The molecule has 0 aromatic heterocycles. The van der Waals surface area contributed by atoms with Crippen LogP contribution in [-0.2, 0) is 35.1 Å². The predicted molar refractivity (Wildman–Crippen MR) is 192 cm³/mol. The van der Waals surface area contributed by atoms with Crippen LogP contribution in [0, 0.1) is 63.0 Å². The molecule has 7 fully saturated rings. The minimum absolute atomic E-state index is 0.00617. The molecular formula is C43H60NO7. The Kier molecular flexibility index (Phi) is 8.56. The van der Waals surface area contributed by atoms with E-state index in [-0.39, 0.29) is 51.7 Å².